The summed E-state index contributed by atoms with van der Waals surface area (Å²) < 4.78 is 23.9. The normalized spacial score (nSPS) is 14.7. The van der Waals surface area contributed by atoms with Crippen LogP contribution in [0.5, 0.6) is 10.9 Å². The largest absolute Gasteiger partial charge is 0.487 e. The summed E-state index contributed by atoms with van der Waals surface area (Å²) in [4.78, 5) is 34.2. The van der Waals surface area contributed by atoms with Gasteiger partial charge in [-0.3, -0.25) is 4.79 Å². The van der Waals surface area contributed by atoms with Gasteiger partial charge in [-0.1, -0.05) is 73.5 Å². The highest BCUT2D eigenvalue weighted by molar-refractivity contribution is 7.13. The van der Waals surface area contributed by atoms with Crippen LogP contribution in [-0.2, 0) is 26.9 Å². The number of thiazole rings is 1. The van der Waals surface area contributed by atoms with Crippen LogP contribution in [-0.4, -0.2) is 61.6 Å². The zero-order valence-corrected chi connectivity index (χ0v) is 36.5. The van der Waals surface area contributed by atoms with Gasteiger partial charge in [0, 0.05) is 30.2 Å². The maximum atomic E-state index is 14.2. The van der Waals surface area contributed by atoms with E-state index in [1.54, 1.807) is 6.20 Å². The molecule has 0 aliphatic heterocycles. The molecule has 1 heterocycles. The Morgan fingerprint density at radius 3 is 2.28 bits per heavy atom. The number of halogens is 2. The maximum absolute atomic E-state index is 14.2. The van der Waals surface area contributed by atoms with Gasteiger partial charge in [0.2, 0.25) is 5.91 Å². The number of carbonyl (C=O) groups is 2. The lowest BCUT2D eigenvalue weighted by Crippen LogP contribution is -2.44. The molecule has 0 spiro atoms. The summed E-state index contributed by atoms with van der Waals surface area (Å²) in [5.74, 6) is -0.137. The number of aryl methyl sites for hydroxylation is 1. The van der Waals surface area contributed by atoms with Crippen molar-refractivity contribution in [3.63, 3.8) is 0 Å². The number of benzene rings is 2. The van der Waals surface area contributed by atoms with Crippen LogP contribution in [0.4, 0.5) is 4.79 Å². The highest BCUT2D eigenvalue weighted by Gasteiger charge is 2.39. The van der Waals surface area contributed by atoms with Crippen molar-refractivity contribution in [2.45, 2.75) is 124 Å². The van der Waals surface area contributed by atoms with Crippen molar-refractivity contribution in [2.75, 3.05) is 19.8 Å². The molecule has 0 unspecified atom stereocenters. The molecule has 1 fully saturated rings. The summed E-state index contributed by atoms with van der Waals surface area (Å²) in [5, 5.41) is 4.18. The molecule has 1 N–H and O–H groups in total. The van der Waals surface area contributed by atoms with Crippen molar-refractivity contribution < 1.29 is 28.2 Å². The van der Waals surface area contributed by atoms with Crippen LogP contribution in [0.25, 0.3) is 0 Å². The summed E-state index contributed by atoms with van der Waals surface area (Å²) in [5.41, 5.74) is 3.75. The topological polar surface area (TPSA) is 99.2 Å². The van der Waals surface area contributed by atoms with Gasteiger partial charge in [0.25, 0.3) is 5.19 Å². The lowest BCUT2D eigenvalue weighted by molar-refractivity contribution is -0.136. The van der Waals surface area contributed by atoms with Gasteiger partial charge in [0.05, 0.1) is 22.1 Å². The fraction of sp³-hybridized carbons (Fsp3) is 0.575. The Morgan fingerprint density at radius 1 is 1.04 bits per heavy atom. The molecule has 9 nitrogen and oxygen atoms in total. The van der Waals surface area contributed by atoms with Crippen molar-refractivity contribution in [1.29, 1.82) is 0 Å². The summed E-state index contributed by atoms with van der Waals surface area (Å²) in [6.45, 7) is 23.7. The number of hydrogen-bond acceptors (Lipinski definition) is 8. The van der Waals surface area contributed by atoms with Crippen LogP contribution in [0.15, 0.2) is 36.5 Å². The van der Waals surface area contributed by atoms with E-state index in [0.29, 0.717) is 34.0 Å². The number of nitrogens with zero attached hydrogens (tertiary/aromatic N) is 2. The molecule has 0 radical (unpaired) electrons. The Balaban J connectivity index is 1.39. The number of rotatable bonds is 16. The van der Waals surface area contributed by atoms with Crippen molar-refractivity contribution in [3.8, 4) is 10.9 Å². The summed E-state index contributed by atoms with van der Waals surface area (Å²) in [6.07, 6.45) is 3.32. The molecule has 2 amide bonds. The van der Waals surface area contributed by atoms with Crippen LogP contribution in [0.3, 0.4) is 0 Å². The molecule has 1 aliphatic carbocycles. The third-order valence-electron chi connectivity index (χ3n) is 9.87. The first-order chi connectivity index (χ1) is 24.6. The van der Waals surface area contributed by atoms with Gasteiger partial charge >= 0.3 is 6.09 Å². The molecule has 3 aromatic rings. The average molecular weight is 807 g/mol. The van der Waals surface area contributed by atoms with Gasteiger partial charge in [0.1, 0.15) is 18.8 Å². The number of ether oxygens (including phenoxy) is 3. The first-order valence-corrected chi connectivity index (χ1v) is 22.8. The number of aromatic nitrogens is 1. The second kappa shape index (κ2) is 17.7. The van der Waals surface area contributed by atoms with Gasteiger partial charge in [-0.05, 0) is 113 Å². The highest BCUT2D eigenvalue weighted by Crippen LogP contribution is 2.42. The average Bonchev–Trinajstić information content (AvgIpc) is 3.79. The predicted octanol–water partition coefficient (Wildman–Crippen LogP) is 10.5. The van der Waals surface area contributed by atoms with Crippen molar-refractivity contribution in [2.24, 2.45) is 5.92 Å². The third-order valence-corrected chi connectivity index (χ3v) is 15.9. The first kappa shape index (κ1) is 42.9. The second-order valence-corrected chi connectivity index (χ2v) is 23.1. The standard InChI is InChI=1S/C40H57Cl2N3O6SSi/c1-25-13-12-14-28(26(25)2)24-45(31-15-16-31)36(46)30(22-43-37(47)50-39(4,5)6)19-32-23-44-38(52-32)49-18-17-48-35-33(41)20-29(21-34(35)42)27(3)51-53(10,11)40(7,8)9/h12-14,20-21,23,27,30-31H,15-19,22,24H2,1-11H3,(H,43,47)/t27-,30-/m1/s1. The number of alkyl carbamates (subject to hydrolysis) is 1. The summed E-state index contributed by atoms with van der Waals surface area (Å²) >= 11 is 14.6. The molecule has 53 heavy (non-hydrogen) atoms. The lowest BCUT2D eigenvalue weighted by atomic mass is 10.00. The number of carbonyl (C=O) groups excluding carboxylic acids is 2. The van der Waals surface area contributed by atoms with Crippen LogP contribution >= 0.6 is 34.5 Å². The predicted molar refractivity (Wildman–Crippen MR) is 217 cm³/mol. The smallest absolute Gasteiger partial charge is 0.407 e. The van der Waals surface area contributed by atoms with Crippen molar-refractivity contribution in [1.82, 2.24) is 15.2 Å². The molecule has 292 valence electrons. The Hall–Kier alpha value is -2.83. The molecular formula is C40H57Cl2N3O6SSi. The minimum absolute atomic E-state index is 0.00513. The van der Waals surface area contributed by atoms with Crippen molar-refractivity contribution in [3.05, 3.63) is 73.7 Å². The van der Waals surface area contributed by atoms with Crippen LogP contribution in [0.2, 0.25) is 28.2 Å². The van der Waals surface area contributed by atoms with Crippen LogP contribution in [0, 0.1) is 19.8 Å². The monoisotopic (exact) mass is 805 g/mol. The van der Waals surface area contributed by atoms with Gasteiger partial charge in [-0.2, -0.15) is 0 Å². The highest BCUT2D eigenvalue weighted by atomic mass is 35.5. The molecule has 2 aromatic carbocycles. The van der Waals surface area contributed by atoms with E-state index in [1.807, 2.05) is 50.8 Å². The van der Waals surface area contributed by atoms with E-state index < -0.39 is 25.9 Å². The molecule has 13 heteroatoms. The SMILES string of the molecule is Cc1cccc(CN(C(=O)[C@@H](CNC(=O)OC(C)(C)C)Cc2cnc(OCCOc3c(Cl)cc([C@@H](C)O[Si](C)(C)C(C)(C)C)cc3Cl)s2)C2CC2)c1C. The van der Waals surface area contributed by atoms with E-state index in [1.165, 1.54) is 22.5 Å². The lowest BCUT2D eigenvalue weighted by Gasteiger charge is -2.38. The number of hydrogen-bond donors (Lipinski definition) is 1. The van der Waals surface area contributed by atoms with E-state index in [9.17, 15) is 9.59 Å². The molecule has 0 bridgehead atoms. The van der Waals surface area contributed by atoms with E-state index in [4.69, 9.17) is 41.8 Å². The van der Waals surface area contributed by atoms with Gasteiger partial charge in [0.15, 0.2) is 14.1 Å². The van der Waals surface area contributed by atoms with Crippen LogP contribution in [0.1, 0.15) is 94.5 Å². The minimum Gasteiger partial charge on any atom is -0.487 e. The minimum atomic E-state index is -1.99. The third kappa shape index (κ3) is 12.3. The fourth-order valence-corrected chi connectivity index (χ4v) is 8.40. The Bertz CT molecular complexity index is 1710. The van der Waals surface area contributed by atoms with Gasteiger partial charge in [-0.15, -0.1) is 0 Å². The van der Waals surface area contributed by atoms with Gasteiger partial charge < -0.3 is 28.9 Å². The Labute approximate surface area is 331 Å². The zero-order valence-electron chi connectivity index (χ0n) is 33.2. The van der Waals surface area contributed by atoms with E-state index in [0.717, 1.165) is 28.8 Å². The van der Waals surface area contributed by atoms with E-state index in [2.05, 4.69) is 70.1 Å². The quantitative estimate of drug-likeness (QED) is 0.114. The Morgan fingerprint density at radius 2 is 1.68 bits per heavy atom. The first-order valence-electron chi connectivity index (χ1n) is 18.3. The number of amides is 2. The molecule has 4 rings (SSSR count). The molecule has 2 atom stereocenters. The molecule has 0 saturated heterocycles. The summed E-state index contributed by atoms with van der Waals surface area (Å²) in [6, 6.07) is 10.1. The maximum Gasteiger partial charge on any atom is 0.407 e. The Kier molecular flexibility index (Phi) is 14.4. The second-order valence-electron chi connectivity index (χ2n) is 16.5. The number of nitrogens with one attached hydrogen (secondary N) is 1. The van der Waals surface area contributed by atoms with Crippen LogP contribution < -0.4 is 14.8 Å². The van der Waals surface area contributed by atoms with E-state index >= 15 is 0 Å². The molecule has 1 aliphatic rings. The molecular weight excluding hydrogens is 750 g/mol. The van der Waals surface area contributed by atoms with Gasteiger partial charge in [-0.25, -0.2) is 9.78 Å². The van der Waals surface area contributed by atoms with E-state index in [-0.39, 0.29) is 42.8 Å². The van der Waals surface area contributed by atoms with Crippen molar-refractivity contribution >= 4 is 54.9 Å². The fourth-order valence-electron chi connectivity index (χ4n) is 5.55. The molecule has 1 saturated carbocycles. The molecule has 1 aromatic heterocycles. The summed E-state index contributed by atoms with van der Waals surface area (Å²) in [7, 11) is -1.99. The zero-order chi connectivity index (χ0) is 39.3.